The van der Waals surface area contributed by atoms with Crippen LogP contribution in [0.3, 0.4) is 0 Å². The van der Waals surface area contributed by atoms with Gasteiger partial charge in [0.1, 0.15) is 34.0 Å². The molecule has 0 aliphatic carbocycles. The van der Waals surface area contributed by atoms with Gasteiger partial charge in [0.05, 0.1) is 22.3 Å². The number of phenols is 4. The molecule has 0 bridgehead atoms. The summed E-state index contributed by atoms with van der Waals surface area (Å²) in [6.07, 6.45) is 9.55. The number of anilines is 5. The number of nitrogen functional groups attached to an aromatic ring is 1. The maximum atomic E-state index is 12.9. The highest BCUT2D eigenvalue weighted by atomic mass is 35.5. The second kappa shape index (κ2) is 43.5. The third-order valence-electron chi connectivity index (χ3n) is 20.6. The third kappa shape index (κ3) is 25.3. The first kappa shape index (κ1) is 91.0. The molecule has 23 heteroatoms. The minimum Gasteiger partial charge on any atom is -0.507 e. The Labute approximate surface area is 709 Å². The normalized spacial score (nSPS) is 10.6. The molecule has 0 aliphatic heterocycles. The van der Waals surface area contributed by atoms with Gasteiger partial charge < -0.3 is 45.8 Å². The van der Waals surface area contributed by atoms with E-state index in [-0.39, 0.29) is 94.6 Å². The van der Waals surface area contributed by atoms with Crippen molar-refractivity contribution in [2.24, 2.45) is 0 Å². The van der Waals surface area contributed by atoms with E-state index in [9.17, 15) is 63.2 Å². The summed E-state index contributed by atoms with van der Waals surface area (Å²) in [6, 6.07) is 64.0. The molecule has 0 aliphatic rings. The van der Waals surface area contributed by atoms with Crippen molar-refractivity contribution in [3.8, 4) is 67.5 Å². The van der Waals surface area contributed by atoms with E-state index in [0.717, 1.165) is 101 Å². The molecule has 12 rings (SSSR count). The lowest BCUT2D eigenvalue weighted by Gasteiger charge is -2.17. The lowest BCUT2D eigenvalue weighted by Crippen LogP contribution is -2.24. The van der Waals surface area contributed by atoms with Crippen LogP contribution in [0.15, 0.2) is 237 Å². The summed E-state index contributed by atoms with van der Waals surface area (Å²) in [5, 5.41) is 42.1. The molecule has 12 aromatic rings. The fraction of sp³-hybridized carbons (Fsp3) is 0.224. The molecular formula is C98H99ClFN9O12. The fourth-order valence-electron chi connectivity index (χ4n) is 13.1. The molecule has 622 valence electrons. The molecular weight excluding hydrogens is 1550 g/mol. The number of ketones is 4. The number of benzene rings is 8. The van der Waals surface area contributed by atoms with E-state index < -0.39 is 5.95 Å². The first-order valence-electron chi connectivity index (χ1n) is 39.7. The largest absolute Gasteiger partial charge is 0.507 e. The third-order valence-corrected chi connectivity index (χ3v) is 20.8. The number of rotatable bonds is 28. The van der Waals surface area contributed by atoms with Crippen LogP contribution in [0.4, 0.5) is 33.0 Å². The number of Topliss-reactive ketones (excluding diaryl/α,β-unsaturated/α-hetero) is 4. The highest BCUT2D eigenvalue weighted by molar-refractivity contribution is 6.29. The summed E-state index contributed by atoms with van der Waals surface area (Å²) in [6.45, 7) is 11.2. The second-order valence-corrected chi connectivity index (χ2v) is 29.2. The van der Waals surface area contributed by atoms with Crippen molar-refractivity contribution in [3.05, 3.63) is 304 Å². The van der Waals surface area contributed by atoms with Gasteiger partial charge >= 0.3 is 0 Å². The molecule has 0 spiro atoms. The molecule has 121 heavy (non-hydrogen) atoms. The molecule has 4 aromatic heterocycles. The maximum Gasteiger partial charge on any atom is 0.226 e. The second-order valence-electron chi connectivity index (χ2n) is 28.8. The Hall–Kier alpha value is -13.9. The summed E-state index contributed by atoms with van der Waals surface area (Å²) in [4.78, 5) is 120. The first-order chi connectivity index (χ1) is 57.9. The van der Waals surface area contributed by atoms with E-state index in [0.29, 0.717) is 85.4 Å². The van der Waals surface area contributed by atoms with Gasteiger partial charge in [0.25, 0.3) is 0 Å². The van der Waals surface area contributed by atoms with Crippen molar-refractivity contribution in [3.63, 3.8) is 0 Å². The quantitative estimate of drug-likeness (QED) is 0.0225. The Balaban J connectivity index is 0.000000183. The van der Waals surface area contributed by atoms with Gasteiger partial charge in [0, 0.05) is 132 Å². The van der Waals surface area contributed by atoms with E-state index in [4.69, 9.17) is 17.3 Å². The Morgan fingerprint density at radius 3 is 0.884 bits per heavy atom. The lowest BCUT2D eigenvalue weighted by atomic mass is 9.98. The number of carbonyl (C=O) groups excluding carboxylic acids is 8. The summed E-state index contributed by atoms with van der Waals surface area (Å²) in [5.74, 6) is -0.734. The Morgan fingerprint density at radius 2 is 0.628 bits per heavy atom. The smallest absolute Gasteiger partial charge is 0.226 e. The van der Waals surface area contributed by atoms with Crippen molar-refractivity contribution in [1.82, 2.24) is 19.9 Å². The van der Waals surface area contributed by atoms with Crippen LogP contribution in [0.25, 0.3) is 44.5 Å². The molecule has 0 fully saturated rings. The Kier molecular flexibility index (Phi) is 32.8. The molecule has 0 atom stereocenters. The van der Waals surface area contributed by atoms with Crippen molar-refractivity contribution < 1.29 is 63.2 Å². The minimum atomic E-state index is -0.560. The highest BCUT2D eigenvalue weighted by Crippen LogP contribution is 2.35. The van der Waals surface area contributed by atoms with Crippen molar-refractivity contribution >= 4 is 86.9 Å². The number of halogens is 2. The zero-order chi connectivity index (χ0) is 87.6. The predicted molar refractivity (Wildman–Crippen MR) is 475 cm³/mol. The minimum absolute atomic E-state index is 0.0244. The van der Waals surface area contributed by atoms with E-state index in [1.165, 1.54) is 12.3 Å². The van der Waals surface area contributed by atoms with E-state index >= 15 is 0 Å². The van der Waals surface area contributed by atoms with Crippen molar-refractivity contribution in [2.45, 2.75) is 119 Å². The average Bonchev–Trinajstić information content (AvgIpc) is 0.827. The highest BCUT2D eigenvalue weighted by Gasteiger charge is 2.21. The average molecular weight is 1650 g/mol. The molecule has 4 amide bonds. The summed E-state index contributed by atoms with van der Waals surface area (Å²) < 4.78 is 12.9. The number of amides is 4. The van der Waals surface area contributed by atoms with E-state index in [2.05, 4.69) is 19.9 Å². The van der Waals surface area contributed by atoms with Gasteiger partial charge in [0.2, 0.25) is 29.6 Å². The molecule has 0 unspecified atom stereocenters. The van der Waals surface area contributed by atoms with Crippen molar-refractivity contribution in [1.29, 1.82) is 0 Å². The molecule has 0 saturated carbocycles. The van der Waals surface area contributed by atoms with Gasteiger partial charge in [-0.25, -0.2) is 15.0 Å². The van der Waals surface area contributed by atoms with Crippen LogP contribution >= 0.6 is 11.6 Å². The number of hydrogen-bond acceptors (Lipinski definition) is 17. The topological polar surface area (TPSA) is 308 Å². The standard InChI is InChI=1S/C26H28N2O3.C24H23ClN2O3.C24H23FN2O3.C24H25N3O3/c1-5-26(31)28(4)22-12-8-20(9-13-22)21-10-14-23(25(30)16-21)24(29)15-11-19-7-6-17(2)27-18(19)3;3*1-3-24(30)27(2)19-9-6-17(7-10-19)18-8-11-20(22(29)14-18)21(28)12-4-16-5-13-23(25)26-15-16/h6-10,12-14,16,30H,5,11,15H2,1-4H3;2*5-11,13-15,29H,3-4,12H2,1-2H3;5-11,13-15,29H,3-4,12H2,1-2H3,(H2,25,26). The number of pyridine rings is 4. The van der Waals surface area contributed by atoms with Crippen LogP contribution in [-0.2, 0) is 44.9 Å². The monoisotopic (exact) mass is 1650 g/mol. The van der Waals surface area contributed by atoms with Crippen LogP contribution in [0.5, 0.6) is 23.0 Å². The number of carbonyl (C=O) groups is 8. The molecule has 0 saturated heterocycles. The summed E-state index contributed by atoms with van der Waals surface area (Å²) in [7, 11) is 6.97. The maximum absolute atomic E-state index is 12.9. The Morgan fingerprint density at radius 1 is 0.347 bits per heavy atom. The number of aryl methyl sites for hydroxylation is 6. The molecule has 6 N–H and O–H groups in total. The number of aromatic nitrogens is 4. The first-order valence-corrected chi connectivity index (χ1v) is 40.1. The van der Waals surface area contributed by atoms with Crippen molar-refractivity contribution in [2.75, 3.05) is 53.5 Å². The van der Waals surface area contributed by atoms with Crippen LogP contribution in [0.1, 0.15) is 154 Å². The van der Waals surface area contributed by atoms with Gasteiger partial charge in [-0.1, -0.05) is 136 Å². The van der Waals surface area contributed by atoms with E-state index in [1.807, 2.05) is 181 Å². The summed E-state index contributed by atoms with van der Waals surface area (Å²) >= 11 is 5.77. The van der Waals surface area contributed by atoms with Gasteiger partial charge in [-0.15, -0.1) is 0 Å². The van der Waals surface area contributed by atoms with Crippen LogP contribution in [-0.4, -0.2) is 115 Å². The summed E-state index contributed by atoms with van der Waals surface area (Å²) in [5.41, 5.74) is 22.2. The Bertz CT molecular complexity index is 5230. The number of nitrogens with two attached hydrogens (primary N) is 1. The number of aromatic hydroxyl groups is 4. The number of phenolic OH excluding ortho intramolecular Hbond substituents is 4. The SMILES string of the molecule is CCC(=O)N(C)c1ccc(-c2ccc(C(=O)CCc3ccc(C)nc3C)c(O)c2)cc1.CCC(=O)N(C)c1ccc(-c2ccc(C(=O)CCc3ccc(Cl)nc3)c(O)c2)cc1.CCC(=O)N(C)c1ccc(-c2ccc(C(=O)CCc3ccc(F)nc3)c(O)c2)cc1.CCC(=O)N(C)c1ccc(-c2ccc(C(=O)CCc3ccc(N)nc3)c(O)c2)cc1. The van der Waals surface area contributed by atoms with E-state index in [1.54, 1.807) is 133 Å². The molecule has 21 nitrogen and oxygen atoms in total. The molecule has 8 aromatic carbocycles. The van der Waals surface area contributed by atoms with Crippen LogP contribution in [0, 0.1) is 19.8 Å². The van der Waals surface area contributed by atoms with Gasteiger partial charge in [-0.3, -0.25) is 43.3 Å². The van der Waals surface area contributed by atoms with Gasteiger partial charge in [0.15, 0.2) is 23.1 Å². The van der Waals surface area contributed by atoms with Crippen LogP contribution in [0.2, 0.25) is 5.15 Å². The molecule has 0 radical (unpaired) electrons. The zero-order valence-corrected chi connectivity index (χ0v) is 70.2. The van der Waals surface area contributed by atoms with Crippen LogP contribution < -0.4 is 25.3 Å². The van der Waals surface area contributed by atoms with Gasteiger partial charge in [-0.05, 0) is 228 Å². The zero-order valence-electron chi connectivity index (χ0n) is 69.5. The molecule has 4 heterocycles. The fourth-order valence-corrected chi connectivity index (χ4v) is 13.2. The predicted octanol–water partition coefficient (Wildman–Crippen LogP) is 19.6. The van der Waals surface area contributed by atoms with Gasteiger partial charge in [-0.2, -0.15) is 4.39 Å². The number of nitrogens with zero attached hydrogens (tertiary/aromatic N) is 8. The number of hydrogen-bond donors (Lipinski definition) is 5. The lowest BCUT2D eigenvalue weighted by molar-refractivity contribution is -0.118.